The predicted octanol–water partition coefficient (Wildman–Crippen LogP) is 2.76. The second-order valence-electron chi connectivity index (χ2n) is 4.45. The Labute approximate surface area is 134 Å². The molecule has 0 aromatic heterocycles. The number of rotatable bonds is 8. The number of nitrogens with two attached hydrogens (primary N) is 1. The predicted molar refractivity (Wildman–Crippen MR) is 90.1 cm³/mol. The zero-order valence-corrected chi connectivity index (χ0v) is 14.9. The lowest BCUT2D eigenvalue weighted by atomic mass is 10.0. The van der Waals surface area contributed by atoms with E-state index >= 15 is 0 Å². The van der Waals surface area contributed by atoms with E-state index in [4.69, 9.17) is 15.2 Å². The van der Waals surface area contributed by atoms with Gasteiger partial charge in [0.05, 0.1) is 14.2 Å². The van der Waals surface area contributed by atoms with Crippen molar-refractivity contribution in [1.29, 1.82) is 0 Å². The minimum Gasteiger partial charge on any atom is -0.493 e. The van der Waals surface area contributed by atoms with E-state index in [0.717, 1.165) is 28.1 Å². The molecule has 0 aliphatic carbocycles. The first-order valence-electron chi connectivity index (χ1n) is 6.39. The molecule has 0 aliphatic heterocycles. The SMILES string of the molecule is COc1cc(Br)c(C(CN)N(C)CCSC)cc1OC. The molecule has 0 radical (unpaired) electrons. The minimum absolute atomic E-state index is 0.149. The lowest BCUT2D eigenvalue weighted by Gasteiger charge is -2.28. The van der Waals surface area contributed by atoms with Crippen LogP contribution in [0.2, 0.25) is 0 Å². The van der Waals surface area contributed by atoms with Gasteiger partial charge >= 0.3 is 0 Å². The number of hydrogen-bond donors (Lipinski definition) is 1. The van der Waals surface area contributed by atoms with Crippen LogP contribution < -0.4 is 15.2 Å². The van der Waals surface area contributed by atoms with Gasteiger partial charge in [-0.15, -0.1) is 0 Å². The topological polar surface area (TPSA) is 47.7 Å². The summed E-state index contributed by atoms with van der Waals surface area (Å²) in [6, 6.07) is 4.08. The summed E-state index contributed by atoms with van der Waals surface area (Å²) in [6.45, 7) is 1.54. The van der Waals surface area contributed by atoms with E-state index in [0.29, 0.717) is 12.3 Å². The largest absolute Gasteiger partial charge is 0.493 e. The first-order chi connectivity index (χ1) is 9.58. The van der Waals surface area contributed by atoms with Crippen LogP contribution in [0.25, 0.3) is 0 Å². The monoisotopic (exact) mass is 362 g/mol. The van der Waals surface area contributed by atoms with Crippen molar-refractivity contribution in [2.75, 3.05) is 46.4 Å². The molecule has 0 bridgehead atoms. The van der Waals surface area contributed by atoms with Crippen LogP contribution in [-0.4, -0.2) is 51.3 Å². The quantitative estimate of drug-likeness (QED) is 0.770. The highest BCUT2D eigenvalue weighted by atomic mass is 79.9. The number of likely N-dealkylation sites (N-methyl/N-ethyl adjacent to an activating group) is 1. The maximum absolute atomic E-state index is 5.97. The molecule has 0 saturated heterocycles. The smallest absolute Gasteiger partial charge is 0.161 e. The van der Waals surface area contributed by atoms with Gasteiger partial charge in [0.1, 0.15) is 0 Å². The van der Waals surface area contributed by atoms with Crippen molar-refractivity contribution in [2.24, 2.45) is 5.73 Å². The van der Waals surface area contributed by atoms with E-state index in [-0.39, 0.29) is 6.04 Å². The van der Waals surface area contributed by atoms with Crippen molar-refractivity contribution in [3.63, 3.8) is 0 Å². The molecule has 20 heavy (non-hydrogen) atoms. The second kappa shape index (κ2) is 8.77. The Morgan fingerprint density at radius 2 is 1.90 bits per heavy atom. The van der Waals surface area contributed by atoms with Crippen LogP contribution in [0.15, 0.2) is 16.6 Å². The fraction of sp³-hybridized carbons (Fsp3) is 0.571. The molecule has 1 atom stereocenters. The average molecular weight is 363 g/mol. The zero-order valence-electron chi connectivity index (χ0n) is 12.5. The number of benzene rings is 1. The fourth-order valence-electron chi connectivity index (χ4n) is 2.06. The van der Waals surface area contributed by atoms with E-state index in [1.54, 1.807) is 14.2 Å². The summed E-state index contributed by atoms with van der Waals surface area (Å²) in [5.74, 6) is 2.52. The van der Waals surface area contributed by atoms with Gasteiger partial charge in [0.2, 0.25) is 0 Å². The number of nitrogens with zero attached hydrogens (tertiary/aromatic N) is 1. The normalized spacial score (nSPS) is 12.6. The van der Waals surface area contributed by atoms with E-state index in [1.807, 2.05) is 23.9 Å². The summed E-state index contributed by atoms with van der Waals surface area (Å²) in [5.41, 5.74) is 7.09. The molecular formula is C14H23BrN2O2S. The molecule has 114 valence electrons. The number of ether oxygens (including phenoxy) is 2. The minimum atomic E-state index is 0.149. The molecular weight excluding hydrogens is 340 g/mol. The highest BCUT2D eigenvalue weighted by Gasteiger charge is 2.20. The van der Waals surface area contributed by atoms with Gasteiger partial charge in [-0.25, -0.2) is 0 Å². The molecule has 1 rings (SSSR count). The molecule has 1 aromatic rings. The van der Waals surface area contributed by atoms with E-state index in [2.05, 4.69) is 34.1 Å². The summed E-state index contributed by atoms with van der Waals surface area (Å²) in [6.07, 6.45) is 2.11. The molecule has 0 heterocycles. The summed E-state index contributed by atoms with van der Waals surface area (Å²) < 4.78 is 11.7. The molecule has 0 saturated carbocycles. The fourth-order valence-corrected chi connectivity index (χ4v) is 3.12. The van der Waals surface area contributed by atoms with Crippen LogP contribution >= 0.6 is 27.7 Å². The van der Waals surface area contributed by atoms with Crippen molar-refractivity contribution < 1.29 is 9.47 Å². The van der Waals surface area contributed by atoms with Gasteiger partial charge in [0, 0.05) is 29.4 Å². The number of methoxy groups -OCH3 is 2. The Hall–Kier alpha value is -0.430. The van der Waals surface area contributed by atoms with Gasteiger partial charge in [0.25, 0.3) is 0 Å². The number of hydrogen-bond acceptors (Lipinski definition) is 5. The molecule has 4 nitrogen and oxygen atoms in total. The Bertz CT molecular complexity index is 432. The van der Waals surface area contributed by atoms with Crippen LogP contribution in [-0.2, 0) is 0 Å². The average Bonchev–Trinajstić information content (AvgIpc) is 2.46. The van der Waals surface area contributed by atoms with Gasteiger partial charge < -0.3 is 15.2 Å². The van der Waals surface area contributed by atoms with Crippen LogP contribution in [0.5, 0.6) is 11.5 Å². The van der Waals surface area contributed by atoms with Gasteiger partial charge in [0.15, 0.2) is 11.5 Å². The Kier molecular flexibility index (Phi) is 7.72. The molecule has 2 N–H and O–H groups in total. The van der Waals surface area contributed by atoms with Gasteiger partial charge in [-0.2, -0.15) is 11.8 Å². The third kappa shape index (κ3) is 4.28. The van der Waals surface area contributed by atoms with Crippen molar-refractivity contribution >= 4 is 27.7 Å². The van der Waals surface area contributed by atoms with Gasteiger partial charge in [-0.1, -0.05) is 15.9 Å². The van der Waals surface area contributed by atoms with Crippen molar-refractivity contribution in [3.8, 4) is 11.5 Å². The van der Waals surface area contributed by atoms with Crippen LogP contribution in [0, 0.1) is 0 Å². The van der Waals surface area contributed by atoms with E-state index in [9.17, 15) is 0 Å². The Morgan fingerprint density at radius 1 is 1.30 bits per heavy atom. The molecule has 0 amide bonds. The van der Waals surface area contributed by atoms with Crippen molar-refractivity contribution in [2.45, 2.75) is 6.04 Å². The lowest BCUT2D eigenvalue weighted by molar-refractivity contribution is 0.263. The van der Waals surface area contributed by atoms with Gasteiger partial charge in [-0.05, 0) is 31.0 Å². The summed E-state index contributed by atoms with van der Waals surface area (Å²) >= 11 is 5.44. The maximum atomic E-state index is 5.97. The number of halogens is 1. The Balaban J connectivity index is 3.08. The maximum Gasteiger partial charge on any atom is 0.161 e. The molecule has 0 spiro atoms. The van der Waals surface area contributed by atoms with Crippen molar-refractivity contribution in [1.82, 2.24) is 4.90 Å². The number of thioether (sulfide) groups is 1. The molecule has 1 unspecified atom stereocenters. The molecule has 0 aliphatic rings. The summed E-state index contributed by atoms with van der Waals surface area (Å²) in [7, 11) is 5.37. The third-order valence-electron chi connectivity index (χ3n) is 3.27. The molecule has 6 heteroatoms. The second-order valence-corrected chi connectivity index (χ2v) is 6.29. The van der Waals surface area contributed by atoms with Crippen molar-refractivity contribution in [3.05, 3.63) is 22.2 Å². The van der Waals surface area contributed by atoms with Crippen LogP contribution in [0.1, 0.15) is 11.6 Å². The lowest BCUT2D eigenvalue weighted by Crippen LogP contribution is -2.32. The van der Waals surface area contributed by atoms with E-state index < -0.39 is 0 Å². The highest BCUT2D eigenvalue weighted by Crippen LogP contribution is 2.37. The summed E-state index contributed by atoms with van der Waals surface area (Å²) in [4.78, 5) is 2.27. The molecule has 0 fully saturated rings. The first-order valence-corrected chi connectivity index (χ1v) is 8.58. The first kappa shape index (κ1) is 17.6. The third-order valence-corrected chi connectivity index (χ3v) is 4.54. The summed E-state index contributed by atoms with van der Waals surface area (Å²) in [5, 5.41) is 0. The Morgan fingerprint density at radius 3 is 2.40 bits per heavy atom. The van der Waals surface area contributed by atoms with Crippen LogP contribution in [0.4, 0.5) is 0 Å². The zero-order chi connectivity index (χ0) is 15.1. The van der Waals surface area contributed by atoms with E-state index in [1.165, 1.54) is 0 Å². The molecule has 1 aromatic carbocycles. The standard InChI is InChI=1S/C14H23BrN2O2S/c1-17(5-6-20-4)12(9-16)10-7-13(18-2)14(19-3)8-11(10)15/h7-8,12H,5-6,9,16H2,1-4H3. The van der Waals surface area contributed by atoms with Crippen LogP contribution in [0.3, 0.4) is 0 Å². The highest BCUT2D eigenvalue weighted by molar-refractivity contribution is 9.10. The van der Waals surface area contributed by atoms with Gasteiger partial charge in [-0.3, -0.25) is 4.90 Å².